The van der Waals surface area contributed by atoms with E-state index in [-0.39, 0.29) is 6.10 Å². The summed E-state index contributed by atoms with van der Waals surface area (Å²) in [5.74, 6) is 0.218. The molecule has 4 heteroatoms. The first kappa shape index (κ1) is 11.9. The van der Waals surface area contributed by atoms with Gasteiger partial charge in [0.1, 0.15) is 18.5 Å². The highest BCUT2D eigenvalue weighted by Crippen LogP contribution is 2.23. The van der Waals surface area contributed by atoms with Crippen molar-refractivity contribution in [3.8, 4) is 11.8 Å². The summed E-state index contributed by atoms with van der Waals surface area (Å²) in [6.07, 6.45) is -0.0411. The maximum Gasteiger partial charge on any atom is 0.163 e. The summed E-state index contributed by atoms with van der Waals surface area (Å²) in [5.41, 5.74) is 0.624. The van der Waals surface area contributed by atoms with Crippen molar-refractivity contribution in [2.24, 2.45) is 0 Å². The molecule has 0 bridgehead atoms. The Morgan fingerprint density at radius 1 is 1.41 bits per heavy atom. The van der Waals surface area contributed by atoms with Gasteiger partial charge in [-0.25, -0.2) is 0 Å². The van der Waals surface area contributed by atoms with Gasteiger partial charge < -0.3 is 14.2 Å². The first-order valence-corrected chi connectivity index (χ1v) is 5.54. The van der Waals surface area contributed by atoms with Crippen LogP contribution in [0.2, 0.25) is 0 Å². The molecule has 0 amide bonds. The fraction of sp³-hybridized carbons (Fsp3) is 0.462. The van der Waals surface area contributed by atoms with Crippen molar-refractivity contribution in [3.63, 3.8) is 0 Å². The molecule has 17 heavy (non-hydrogen) atoms. The maximum absolute atomic E-state index is 8.66. The first-order valence-electron chi connectivity index (χ1n) is 5.54. The molecule has 1 aromatic carbocycles. The van der Waals surface area contributed by atoms with Crippen LogP contribution in [0.15, 0.2) is 24.3 Å². The van der Waals surface area contributed by atoms with Gasteiger partial charge in [-0.05, 0) is 38.1 Å². The number of benzene rings is 1. The van der Waals surface area contributed by atoms with Crippen LogP contribution in [0, 0.1) is 11.3 Å². The van der Waals surface area contributed by atoms with Gasteiger partial charge in [-0.3, -0.25) is 0 Å². The molecule has 0 spiro atoms. The summed E-state index contributed by atoms with van der Waals surface area (Å²) in [5, 5.41) is 8.66. The van der Waals surface area contributed by atoms with Gasteiger partial charge in [0, 0.05) is 0 Å². The van der Waals surface area contributed by atoms with Crippen LogP contribution < -0.4 is 4.74 Å². The molecule has 0 saturated carbocycles. The van der Waals surface area contributed by atoms with Gasteiger partial charge >= 0.3 is 0 Å². The Morgan fingerprint density at radius 2 is 2.12 bits per heavy atom. The number of nitrogens with zero attached hydrogens (tertiary/aromatic N) is 1. The van der Waals surface area contributed by atoms with Crippen LogP contribution in [0.4, 0.5) is 0 Å². The SMILES string of the molecule is CC1(C)OCC(COc2ccc(C#N)cc2)O1. The zero-order chi connectivity index (χ0) is 12.3. The lowest BCUT2D eigenvalue weighted by Crippen LogP contribution is -2.25. The van der Waals surface area contributed by atoms with Gasteiger partial charge in [0.15, 0.2) is 5.79 Å². The van der Waals surface area contributed by atoms with Gasteiger partial charge in [0.25, 0.3) is 0 Å². The molecule has 90 valence electrons. The normalized spacial score (nSPS) is 22.1. The molecule has 1 unspecified atom stereocenters. The Bertz CT molecular complexity index is 419. The van der Waals surface area contributed by atoms with Gasteiger partial charge in [-0.15, -0.1) is 0 Å². The number of hydrogen-bond acceptors (Lipinski definition) is 4. The van der Waals surface area contributed by atoms with E-state index in [0.29, 0.717) is 18.8 Å². The second-order valence-electron chi connectivity index (χ2n) is 4.40. The highest BCUT2D eigenvalue weighted by atomic mass is 16.7. The zero-order valence-electron chi connectivity index (χ0n) is 9.97. The third-order valence-corrected chi connectivity index (χ3v) is 2.49. The van der Waals surface area contributed by atoms with E-state index in [1.807, 2.05) is 13.8 Å². The van der Waals surface area contributed by atoms with Crippen LogP contribution in [0.25, 0.3) is 0 Å². The van der Waals surface area contributed by atoms with E-state index in [2.05, 4.69) is 6.07 Å². The highest BCUT2D eigenvalue weighted by Gasteiger charge is 2.32. The smallest absolute Gasteiger partial charge is 0.163 e. The minimum Gasteiger partial charge on any atom is -0.491 e. The molecule has 0 aliphatic carbocycles. The summed E-state index contributed by atoms with van der Waals surface area (Å²) in [6.45, 7) is 4.77. The summed E-state index contributed by atoms with van der Waals surface area (Å²) >= 11 is 0. The Hall–Kier alpha value is -1.57. The Morgan fingerprint density at radius 3 is 2.65 bits per heavy atom. The molecule has 1 fully saturated rings. The van der Waals surface area contributed by atoms with Crippen LogP contribution in [-0.2, 0) is 9.47 Å². The number of hydrogen-bond donors (Lipinski definition) is 0. The second kappa shape index (κ2) is 4.74. The number of ether oxygens (including phenoxy) is 3. The highest BCUT2D eigenvalue weighted by molar-refractivity contribution is 5.34. The molecule has 1 saturated heterocycles. The Labute approximate surface area is 101 Å². The van der Waals surface area contributed by atoms with E-state index >= 15 is 0 Å². The summed E-state index contributed by atoms with van der Waals surface area (Å²) in [6, 6.07) is 9.07. The standard InChI is InChI=1S/C13H15NO3/c1-13(2)16-9-12(17-13)8-15-11-5-3-10(7-14)4-6-11/h3-6,12H,8-9H2,1-2H3. The fourth-order valence-electron chi connectivity index (χ4n) is 1.66. The first-order chi connectivity index (χ1) is 8.09. The van der Waals surface area contributed by atoms with E-state index < -0.39 is 5.79 Å². The van der Waals surface area contributed by atoms with Crippen molar-refractivity contribution in [3.05, 3.63) is 29.8 Å². The summed E-state index contributed by atoms with van der Waals surface area (Å²) < 4.78 is 16.6. The van der Waals surface area contributed by atoms with Crippen LogP contribution in [0.1, 0.15) is 19.4 Å². The van der Waals surface area contributed by atoms with Crippen molar-refractivity contribution in [1.29, 1.82) is 5.26 Å². The molecule has 1 aromatic rings. The molecule has 4 nitrogen and oxygen atoms in total. The lowest BCUT2D eigenvalue weighted by atomic mass is 10.2. The largest absolute Gasteiger partial charge is 0.491 e. The lowest BCUT2D eigenvalue weighted by Gasteiger charge is -2.17. The van der Waals surface area contributed by atoms with Crippen LogP contribution >= 0.6 is 0 Å². The van der Waals surface area contributed by atoms with Gasteiger partial charge in [0.2, 0.25) is 0 Å². The van der Waals surface area contributed by atoms with Crippen LogP contribution in [0.3, 0.4) is 0 Å². The fourth-order valence-corrected chi connectivity index (χ4v) is 1.66. The van der Waals surface area contributed by atoms with Crippen LogP contribution in [-0.4, -0.2) is 25.1 Å². The molecule has 0 radical (unpaired) electrons. The minimum atomic E-state index is -0.515. The molecule has 1 aliphatic heterocycles. The average molecular weight is 233 g/mol. The van der Waals surface area contributed by atoms with E-state index in [1.165, 1.54) is 0 Å². The van der Waals surface area contributed by atoms with Gasteiger partial charge in [0.05, 0.1) is 18.2 Å². The zero-order valence-corrected chi connectivity index (χ0v) is 9.97. The number of rotatable bonds is 3. The maximum atomic E-state index is 8.66. The van der Waals surface area contributed by atoms with E-state index in [9.17, 15) is 0 Å². The Kier molecular flexibility index (Phi) is 3.32. The van der Waals surface area contributed by atoms with Crippen molar-refractivity contribution < 1.29 is 14.2 Å². The van der Waals surface area contributed by atoms with E-state index in [1.54, 1.807) is 24.3 Å². The van der Waals surface area contributed by atoms with Crippen molar-refractivity contribution in [2.75, 3.05) is 13.2 Å². The topological polar surface area (TPSA) is 51.5 Å². The number of nitriles is 1. The summed E-state index contributed by atoms with van der Waals surface area (Å²) in [7, 11) is 0. The van der Waals surface area contributed by atoms with Crippen molar-refractivity contribution in [1.82, 2.24) is 0 Å². The quantitative estimate of drug-likeness (QED) is 0.802. The van der Waals surface area contributed by atoms with E-state index in [4.69, 9.17) is 19.5 Å². The monoisotopic (exact) mass is 233 g/mol. The third-order valence-electron chi connectivity index (χ3n) is 2.49. The van der Waals surface area contributed by atoms with Gasteiger partial charge in [-0.1, -0.05) is 0 Å². The molecule has 1 heterocycles. The molecule has 1 atom stereocenters. The van der Waals surface area contributed by atoms with Crippen LogP contribution in [0.5, 0.6) is 5.75 Å². The molecular weight excluding hydrogens is 218 g/mol. The molecule has 0 N–H and O–H groups in total. The van der Waals surface area contributed by atoms with Crippen molar-refractivity contribution >= 4 is 0 Å². The molecule has 2 rings (SSSR count). The van der Waals surface area contributed by atoms with Crippen molar-refractivity contribution in [2.45, 2.75) is 25.7 Å². The second-order valence-corrected chi connectivity index (χ2v) is 4.40. The van der Waals surface area contributed by atoms with Gasteiger partial charge in [-0.2, -0.15) is 5.26 Å². The molecule has 1 aliphatic rings. The van der Waals surface area contributed by atoms with E-state index in [0.717, 1.165) is 5.75 Å². The average Bonchev–Trinajstić information content (AvgIpc) is 2.67. The Balaban J connectivity index is 1.84. The lowest BCUT2D eigenvalue weighted by molar-refractivity contribution is -0.141. The minimum absolute atomic E-state index is 0.0411. The predicted octanol–water partition coefficient (Wildman–Crippen LogP) is 2.09. The predicted molar refractivity (Wildman–Crippen MR) is 61.6 cm³/mol. The third kappa shape index (κ3) is 3.19. The molecule has 0 aromatic heterocycles. The molecular formula is C13H15NO3. The summed E-state index contributed by atoms with van der Waals surface area (Å²) in [4.78, 5) is 0.